The summed E-state index contributed by atoms with van der Waals surface area (Å²) >= 11 is 0. The van der Waals surface area contributed by atoms with E-state index in [1.807, 2.05) is 20.8 Å². The Bertz CT molecular complexity index is 984. The molecule has 4 atom stereocenters. The van der Waals surface area contributed by atoms with Gasteiger partial charge in [0.1, 0.15) is 17.9 Å². The van der Waals surface area contributed by atoms with Crippen molar-refractivity contribution in [1.29, 1.82) is 0 Å². The van der Waals surface area contributed by atoms with Crippen molar-refractivity contribution in [3.63, 3.8) is 0 Å². The van der Waals surface area contributed by atoms with E-state index in [4.69, 9.17) is 0 Å². The zero-order valence-corrected chi connectivity index (χ0v) is 27.4. The minimum atomic E-state index is -0.722. The first-order chi connectivity index (χ1) is 19.5. The van der Waals surface area contributed by atoms with Crippen molar-refractivity contribution in [2.75, 3.05) is 6.54 Å². The van der Waals surface area contributed by atoms with Crippen LogP contribution in [0, 0.1) is 28.6 Å². The Hall–Kier alpha value is -2.25. The van der Waals surface area contributed by atoms with E-state index in [0.29, 0.717) is 31.7 Å². The number of hydrogen-bond acceptors (Lipinski definition) is 5. The van der Waals surface area contributed by atoms with E-state index in [1.165, 1.54) is 6.92 Å². The van der Waals surface area contributed by atoms with Crippen LogP contribution in [0.3, 0.4) is 0 Å². The zero-order chi connectivity index (χ0) is 31.2. The Morgan fingerprint density at radius 3 is 1.98 bits per heavy atom. The van der Waals surface area contributed by atoms with Gasteiger partial charge < -0.3 is 15.5 Å². The number of amides is 3. The van der Waals surface area contributed by atoms with Crippen molar-refractivity contribution in [3.8, 4) is 0 Å². The predicted molar refractivity (Wildman–Crippen MR) is 164 cm³/mol. The molecule has 42 heavy (non-hydrogen) atoms. The van der Waals surface area contributed by atoms with Gasteiger partial charge in [-0.25, -0.2) is 0 Å². The first kappa shape index (κ1) is 34.2. The Morgan fingerprint density at radius 1 is 0.810 bits per heavy atom. The van der Waals surface area contributed by atoms with Crippen LogP contribution in [0.1, 0.15) is 132 Å². The van der Waals surface area contributed by atoms with Crippen molar-refractivity contribution in [2.45, 2.75) is 150 Å². The molecule has 3 aliphatic rings. The monoisotopic (exact) mass is 587 g/mol. The van der Waals surface area contributed by atoms with Crippen molar-refractivity contribution < 1.29 is 24.0 Å². The lowest BCUT2D eigenvalue weighted by atomic mass is 9.79. The molecule has 1 heterocycles. The Kier molecular flexibility index (Phi) is 11.8. The van der Waals surface area contributed by atoms with E-state index in [-0.39, 0.29) is 58.4 Å². The molecule has 0 bridgehead atoms. The second-order valence-electron chi connectivity index (χ2n) is 15.9. The molecule has 1 saturated heterocycles. The normalized spacial score (nSPS) is 23.5. The molecule has 0 aromatic heterocycles. The number of hydrogen-bond donors (Lipinski definition) is 2. The number of likely N-dealkylation sites (tertiary alicyclic amines) is 1. The summed E-state index contributed by atoms with van der Waals surface area (Å²) in [4.78, 5) is 68.2. The standard InChI is InChI=1S/C34H57N3O5/c1-22(38)18-27(39)26(19-23-12-11-13-23)35-31(41)30-25(20-33(2,3)4)16-17-37(30)32(42)29(24-14-9-8-10-15-24)36-28(40)21-34(5,6)7/h23-26,29-30H,8-21H2,1-7H3,(H,35,41)(H,36,40)/t25-,26?,29?,30?/m1/s1. The highest BCUT2D eigenvalue weighted by Gasteiger charge is 2.47. The maximum absolute atomic E-state index is 14.4. The summed E-state index contributed by atoms with van der Waals surface area (Å²) in [5, 5.41) is 6.14. The smallest absolute Gasteiger partial charge is 0.246 e. The Balaban J connectivity index is 1.88. The fourth-order valence-corrected chi connectivity index (χ4v) is 7.15. The zero-order valence-electron chi connectivity index (χ0n) is 27.4. The second-order valence-corrected chi connectivity index (χ2v) is 15.9. The van der Waals surface area contributed by atoms with Gasteiger partial charge in [0.05, 0.1) is 12.5 Å². The van der Waals surface area contributed by atoms with Crippen LogP contribution in [-0.4, -0.2) is 58.9 Å². The quantitative estimate of drug-likeness (QED) is 0.298. The van der Waals surface area contributed by atoms with E-state index >= 15 is 0 Å². The third-order valence-corrected chi connectivity index (χ3v) is 9.27. The highest BCUT2D eigenvalue weighted by molar-refractivity contribution is 6.02. The molecule has 0 spiro atoms. The molecule has 8 nitrogen and oxygen atoms in total. The molecule has 2 N–H and O–H groups in total. The number of nitrogens with one attached hydrogen (secondary N) is 2. The van der Waals surface area contributed by atoms with Crippen LogP contribution >= 0.6 is 0 Å². The van der Waals surface area contributed by atoms with Gasteiger partial charge in [0.25, 0.3) is 0 Å². The summed E-state index contributed by atoms with van der Waals surface area (Å²) in [6.07, 6.45) is 10.2. The fourth-order valence-electron chi connectivity index (χ4n) is 7.15. The molecule has 0 aromatic carbocycles. The first-order valence-electron chi connectivity index (χ1n) is 16.5. The number of Topliss-reactive ketones (excluding diaryl/α,β-unsaturated/α-hetero) is 2. The Morgan fingerprint density at radius 2 is 1.45 bits per heavy atom. The third-order valence-electron chi connectivity index (χ3n) is 9.27. The van der Waals surface area contributed by atoms with Gasteiger partial charge in [-0.15, -0.1) is 0 Å². The highest BCUT2D eigenvalue weighted by Crippen LogP contribution is 2.37. The van der Waals surface area contributed by atoms with E-state index in [1.54, 1.807) is 4.90 Å². The van der Waals surface area contributed by atoms with Gasteiger partial charge in [0, 0.05) is 13.0 Å². The molecule has 3 amide bonds. The maximum Gasteiger partial charge on any atom is 0.246 e. The minimum Gasteiger partial charge on any atom is -0.344 e. The van der Waals surface area contributed by atoms with E-state index < -0.39 is 18.1 Å². The van der Waals surface area contributed by atoms with Crippen LogP contribution in [0.15, 0.2) is 0 Å². The average molecular weight is 588 g/mol. The van der Waals surface area contributed by atoms with Gasteiger partial charge in [-0.05, 0) is 67.6 Å². The minimum absolute atomic E-state index is 0.0454. The first-order valence-corrected chi connectivity index (χ1v) is 16.5. The van der Waals surface area contributed by atoms with Crippen molar-refractivity contribution >= 4 is 29.3 Å². The van der Waals surface area contributed by atoms with Gasteiger partial charge in [-0.3, -0.25) is 24.0 Å². The van der Waals surface area contributed by atoms with Crippen molar-refractivity contribution in [1.82, 2.24) is 15.5 Å². The van der Waals surface area contributed by atoms with Gasteiger partial charge in [-0.2, -0.15) is 0 Å². The Labute approximate surface area is 253 Å². The number of carbonyl (C=O) groups is 5. The summed E-state index contributed by atoms with van der Waals surface area (Å²) in [6, 6.07) is -2.09. The van der Waals surface area contributed by atoms with Crippen LogP contribution in [-0.2, 0) is 24.0 Å². The van der Waals surface area contributed by atoms with Crippen LogP contribution in [0.25, 0.3) is 0 Å². The molecule has 0 aromatic rings. The molecule has 3 unspecified atom stereocenters. The lowest BCUT2D eigenvalue weighted by Gasteiger charge is -2.37. The lowest BCUT2D eigenvalue weighted by Crippen LogP contribution is -2.58. The summed E-state index contributed by atoms with van der Waals surface area (Å²) in [5.74, 6) is -0.716. The molecule has 3 fully saturated rings. The van der Waals surface area contributed by atoms with Gasteiger partial charge >= 0.3 is 0 Å². The molecule has 238 valence electrons. The molecular formula is C34H57N3O5. The SMILES string of the molecule is CC(=O)CC(=O)C(CC1CCC1)NC(=O)C1[C@@H](CC(C)(C)C)CCN1C(=O)C(NC(=O)CC(C)(C)C)C1CCCCC1. The summed E-state index contributed by atoms with van der Waals surface area (Å²) in [5.41, 5.74) is -0.262. The number of ketones is 2. The third kappa shape index (κ3) is 10.2. The number of carbonyl (C=O) groups excluding carboxylic acids is 5. The second kappa shape index (κ2) is 14.5. The number of nitrogens with zero attached hydrogens (tertiary/aromatic N) is 1. The van der Waals surface area contributed by atoms with Crippen molar-refractivity contribution in [2.24, 2.45) is 28.6 Å². The van der Waals surface area contributed by atoms with Gasteiger partial charge in [0.15, 0.2) is 5.78 Å². The van der Waals surface area contributed by atoms with E-state index in [9.17, 15) is 24.0 Å². The lowest BCUT2D eigenvalue weighted by molar-refractivity contribution is -0.145. The summed E-state index contributed by atoms with van der Waals surface area (Å²) in [6.45, 7) is 14.3. The maximum atomic E-state index is 14.4. The van der Waals surface area contributed by atoms with Crippen LogP contribution < -0.4 is 10.6 Å². The van der Waals surface area contributed by atoms with E-state index in [0.717, 1.165) is 57.8 Å². The molecule has 3 rings (SSSR count). The van der Waals surface area contributed by atoms with Crippen LogP contribution in [0.5, 0.6) is 0 Å². The van der Waals surface area contributed by atoms with E-state index in [2.05, 4.69) is 31.4 Å². The topological polar surface area (TPSA) is 113 Å². The number of rotatable bonds is 12. The molecule has 8 heteroatoms. The average Bonchev–Trinajstić information content (AvgIpc) is 3.24. The van der Waals surface area contributed by atoms with Gasteiger partial charge in [-0.1, -0.05) is 80.1 Å². The molecular weight excluding hydrogens is 530 g/mol. The largest absolute Gasteiger partial charge is 0.344 e. The van der Waals surface area contributed by atoms with Crippen LogP contribution in [0.4, 0.5) is 0 Å². The molecule has 0 radical (unpaired) electrons. The fraction of sp³-hybridized carbons (Fsp3) is 0.853. The van der Waals surface area contributed by atoms with Crippen molar-refractivity contribution in [3.05, 3.63) is 0 Å². The van der Waals surface area contributed by atoms with Crippen LogP contribution in [0.2, 0.25) is 0 Å². The molecule has 2 aliphatic carbocycles. The summed E-state index contributed by atoms with van der Waals surface area (Å²) < 4.78 is 0. The molecule has 1 aliphatic heterocycles. The molecule has 2 saturated carbocycles. The summed E-state index contributed by atoms with van der Waals surface area (Å²) in [7, 11) is 0. The highest BCUT2D eigenvalue weighted by atomic mass is 16.2. The predicted octanol–water partition coefficient (Wildman–Crippen LogP) is 5.36. The van der Waals surface area contributed by atoms with Gasteiger partial charge in [0.2, 0.25) is 17.7 Å².